The number of carbonyl (C=O) groups is 2. The van der Waals surface area contributed by atoms with E-state index in [-0.39, 0.29) is 23.6 Å². The largest absolute Gasteiger partial charge is 0.465 e. The highest BCUT2D eigenvalue weighted by atomic mass is 16.5. The van der Waals surface area contributed by atoms with Gasteiger partial charge >= 0.3 is 5.97 Å². The van der Waals surface area contributed by atoms with Gasteiger partial charge in [-0.25, -0.2) is 4.98 Å². The van der Waals surface area contributed by atoms with E-state index in [1.807, 2.05) is 72.3 Å². The van der Waals surface area contributed by atoms with Gasteiger partial charge in [0.05, 0.1) is 18.9 Å². The number of rotatable bonds is 10. The molecule has 0 N–H and O–H groups in total. The standard InChI is InChI=1S/C31H30N2O3/c1-2-3-19-36-30(35)27-20-26(27)29(34)28-21-33(22-32-28)31(23-13-7-4-8-14-23,24-15-9-5-10-16-24)25-17-11-6-12-18-25/h4-18,21-22,26-27H,2-3,19-20H2,1H3/t26?,27-/m0/s1. The van der Waals surface area contributed by atoms with Crippen LogP contribution in [-0.2, 0) is 15.1 Å². The van der Waals surface area contributed by atoms with Crippen LogP contribution in [-0.4, -0.2) is 27.9 Å². The van der Waals surface area contributed by atoms with Gasteiger partial charge in [-0.05, 0) is 29.5 Å². The first kappa shape index (κ1) is 23.7. The van der Waals surface area contributed by atoms with Gasteiger partial charge < -0.3 is 9.30 Å². The smallest absolute Gasteiger partial charge is 0.309 e. The van der Waals surface area contributed by atoms with Gasteiger partial charge in [0.2, 0.25) is 0 Å². The number of ketones is 1. The van der Waals surface area contributed by atoms with Crippen LogP contribution < -0.4 is 0 Å². The van der Waals surface area contributed by atoms with Gasteiger partial charge in [0, 0.05) is 12.1 Å². The predicted molar refractivity (Wildman–Crippen MR) is 139 cm³/mol. The monoisotopic (exact) mass is 478 g/mol. The molecule has 1 unspecified atom stereocenters. The average molecular weight is 479 g/mol. The summed E-state index contributed by atoms with van der Waals surface area (Å²) in [5, 5.41) is 0. The molecule has 5 nitrogen and oxygen atoms in total. The van der Waals surface area contributed by atoms with Crippen LogP contribution in [0.5, 0.6) is 0 Å². The number of esters is 1. The number of hydrogen-bond acceptors (Lipinski definition) is 4. The van der Waals surface area contributed by atoms with Crippen LogP contribution in [0.4, 0.5) is 0 Å². The highest BCUT2D eigenvalue weighted by Crippen LogP contribution is 2.43. The Bertz CT molecular complexity index is 1220. The van der Waals surface area contributed by atoms with Crippen LogP contribution in [0.3, 0.4) is 0 Å². The fourth-order valence-corrected chi connectivity index (χ4v) is 4.98. The zero-order chi connectivity index (χ0) is 25.0. The Morgan fingerprint density at radius 3 is 1.89 bits per heavy atom. The van der Waals surface area contributed by atoms with Crippen molar-refractivity contribution in [1.82, 2.24) is 9.55 Å². The van der Waals surface area contributed by atoms with Gasteiger partial charge in [-0.15, -0.1) is 0 Å². The number of aromatic nitrogens is 2. The van der Waals surface area contributed by atoms with Crippen LogP contribution in [0.1, 0.15) is 53.4 Å². The minimum absolute atomic E-state index is 0.103. The molecule has 1 saturated carbocycles. The van der Waals surface area contributed by atoms with Crippen molar-refractivity contribution in [3.63, 3.8) is 0 Å². The lowest BCUT2D eigenvalue weighted by Crippen LogP contribution is -2.37. The summed E-state index contributed by atoms with van der Waals surface area (Å²) in [6.07, 6.45) is 5.88. The minimum Gasteiger partial charge on any atom is -0.465 e. The Labute approximate surface area is 211 Å². The first-order valence-corrected chi connectivity index (χ1v) is 12.6. The summed E-state index contributed by atoms with van der Waals surface area (Å²) in [5.41, 5.74) is 2.82. The van der Waals surface area contributed by atoms with Gasteiger partial charge in [0.25, 0.3) is 0 Å². The Balaban J connectivity index is 1.54. The minimum atomic E-state index is -0.725. The molecule has 1 heterocycles. The van der Waals surface area contributed by atoms with E-state index in [1.54, 1.807) is 6.33 Å². The SMILES string of the molecule is CCCCOC(=O)[C@H]1CC1C(=O)c1cn(C(c2ccccc2)(c2ccccc2)c2ccccc2)cn1. The van der Waals surface area contributed by atoms with Crippen LogP contribution in [0.2, 0.25) is 0 Å². The highest BCUT2D eigenvalue weighted by molar-refractivity contribution is 6.01. The molecule has 5 rings (SSSR count). The molecule has 0 amide bonds. The van der Waals surface area contributed by atoms with Gasteiger partial charge in [0.1, 0.15) is 11.2 Å². The molecule has 3 aromatic carbocycles. The molecule has 0 radical (unpaired) electrons. The van der Waals surface area contributed by atoms with E-state index >= 15 is 0 Å². The molecule has 1 aliphatic carbocycles. The van der Waals surface area contributed by atoms with Crippen LogP contribution in [0.15, 0.2) is 104 Å². The summed E-state index contributed by atoms with van der Waals surface area (Å²) >= 11 is 0. The molecule has 1 aromatic heterocycles. The van der Waals surface area contributed by atoms with Gasteiger partial charge in [0.15, 0.2) is 5.78 Å². The van der Waals surface area contributed by atoms with E-state index in [1.165, 1.54) is 0 Å². The third-order valence-corrected chi connectivity index (χ3v) is 6.97. The number of ether oxygens (including phenoxy) is 1. The zero-order valence-electron chi connectivity index (χ0n) is 20.4. The van der Waals surface area contributed by atoms with E-state index in [0.29, 0.717) is 18.7 Å². The molecule has 5 heteroatoms. The number of unbranched alkanes of at least 4 members (excludes halogenated alkanes) is 1. The first-order valence-electron chi connectivity index (χ1n) is 12.6. The summed E-state index contributed by atoms with van der Waals surface area (Å²) < 4.78 is 7.36. The molecular weight excluding hydrogens is 448 g/mol. The van der Waals surface area contributed by atoms with Crippen molar-refractivity contribution in [2.45, 2.75) is 31.7 Å². The summed E-state index contributed by atoms with van der Waals surface area (Å²) in [6, 6.07) is 30.8. The Hall–Kier alpha value is -3.99. The first-order chi connectivity index (χ1) is 17.7. The Kier molecular flexibility index (Phi) is 6.81. The van der Waals surface area contributed by atoms with Crippen molar-refractivity contribution in [3.8, 4) is 0 Å². The van der Waals surface area contributed by atoms with Crippen LogP contribution in [0, 0.1) is 11.8 Å². The molecular formula is C31H30N2O3. The van der Waals surface area contributed by atoms with E-state index in [4.69, 9.17) is 4.74 Å². The van der Waals surface area contributed by atoms with Crippen LogP contribution >= 0.6 is 0 Å². The molecule has 36 heavy (non-hydrogen) atoms. The number of nitrogens with zero attached hydrogens (tertiary/aromatic N) is 2. The quantitative estimate of drug-likeness (QED) is 0.123. The van der Waals surface area contributed by atoms with E-state index in [9.17, 15) is 9.59 Å². The lowest BCUT2D eigenvalue weighted by atomic mass is 9.77. The maximum atomic E-state index is 13.3. The predicted octanol–water partition coefficient (Wildman–Crippen LogP) is 5.89. The highest BCUT2D eigenvalue weighted by Gasteiger charge is 2.50. The topological polar surface area (TPSA) is 61.2 Å². The molecule has 1 aliphatic rings. The van der Waals surface area contributed by atoms with Crippen molar-refractivity contribution < 1.29 is 14.3 Å². The van der Waals surface area contributed by atoms with Gasteiger partial charge in [-0.3, -0.25) is 9.59 Å². The fraction of sp³-hybridized carbons (Fsp3) is 0.258. The van der Waals surface area contributed by atoms with Crippen molar-refractivity contribution in [2.75, 3.05) is 6.61 Å². The fourth-order valence-electron chi connectivity index (χ4n) is 4.98. The summed E-state index contributed by atoms with van der Waals surface area (Å²) in [6.45, 7) is 2.46. The zero-order valence-corrected chi connectivity index (χ0v) is 20.4. The number of hydrogen-bond donors (Lipinski definition) is 0. The molecule has 0 saturated heterocycles. The van der Waals surface area contributed by atoms with Crippen molar-refractivity contribution in [3.05, 3.63) is 126 Å². The van der Waals surface area contributed by atoms with E-state index in [0.717, 1.165) is 29.5 Å². The summed E-state index contributed by atoms with van der Waals surface area (Å²) in [4.78, 5) is 30.2. The average Bonchev–Trinajstić information content (AvgIpc) is 3.59. The number of carbonyl (C=O) groups excluding carboxylic acids is 2. The molecule has 1 fully saturated rings. The number of imidazole rings is 1. The molecule has 182 valence electrons. The Morgan fingerprint density at radius 1 is 0.861 bits per heavy atom. The lowest BCUT2D eigenvalue weighted by Gasteiger charge is -2.37. The lowest BCUT2D eigenvalue weighted by molar-refractivity contribution is -0.145. The second kappa shape index (κ2) is 10.3. The van der Waals surface area contributed by atoms with Crippen LogP contribution in [0.25, 0.3) is 0 Å². The third kappa shape index (κ3) is 4.37. The van der Waals surface area contributed by atoms with E-state index in [2.05, 4.69) is 41.4 Å². The van der Waals surface area contributed by atoms with E-state index < -0.39 is 5.54 Å². The molecule has 0 aliphatic heterocycles. The van der Waals surface area contributed by atoms with Crippen molar-refractivity contribution in [2.24, 2.45) is 11.8 Å². The Morgan fingerprint density at radius 2 is 1.39 bits per heavy atom. The maximum absolute atomic E-state index is 13.3. The van der Waals surface area contributed by atoms with Crippen molar-refractivity contribution >= 4 is 11.8 Å². The number of Topliss-reactive ketones (excluding diaryl/α,β-unsaturated/α-hetero) is 1. The number of benzene rings is 3. The molecule has 0 spiro atoms. The second-order valence-corrected chi connectivity index (χ2v) is 9.31. The van der Waals surface area contributed by atoms with Crippen molar-refractivity contribution in [1.29, 1.82) is 0 Å². The summed E-state index contributed by atoms with van der Waals surface area (Å²) in [7, 11) is 0. The molecule has 0 bridgehead atoms. The molecule has 2 atom stereocenters. The second-order valence-electron chi connectivity index (χ2n) is 9.31. The van der Waals surface area contributed by atoms with Gasteiger partial charge in [-0.1, -0.05) is 104 Å². The normalized spacial score (nSPS) is 16.9. The maximum Gasteiger partial charge on any atom is 0.309 e. The third-order valence-electron chi connectivity index (χ3n) is 6.97. The summed E-state index contributed by atoms with van der Waals surface area (Å²) in [5.74, 6) is -1.09. The molecule has 4 aromatic rings. The van der Waals surface area contributed by atoms with Gasteiger partial charge in [-0.2, -0.15) is 0 Å².